The molecule has 5 nitrogen and oxygen atoms in total. The summed E-state index contributed by atoms with van der Waals surface area (Å²) in [5, 5.41) is 0. The van der Waals surface area contributed by atoms with E-state index in [1.165, 1.54) is 0 Å². The highest BCUT2D eigenvalue weighted by atomic mass is 16.1. The van der Waals surface area contributed by atoms with Crippen molar-refractivity contribution in [2.45, 2.75) is 20.4 Å². The zero-order chi connectivity index (χ0) is 12.8. The normalized spacial score (nSPS) is 10.6. The van der Waals surface area contributed by atoms with Crippen LogP contribution in [0, 0.1) is 5.92 Å². The van der Waals surface area contributed by atoms with Gasteiger partial charge in [0.1, 0.15) is 0 Å². The van der Waals surface area contributed by atoms with Crippen molar-refractivity contribution in [2.24, 2.45) is 17.4 Å². The third-order valence-corrected chi connectivity index (χ3v) is 2.33. The van der Waals surface area contributed by atoms with Crippen molar-refractivity contribution in [3.8, 4) is 0 Å². The van der Waals surface area contributed by atoms with E-state index in [4.69, 9.17) is 11.5 Å². The predicted molar refractivity (Wildman–Crippen MR) is 68.4 cm³/mol. The summed E-state index contributed by atoms with van der Waals surface area (Å²) in [5.74, 6) is 0.0812. The number of rotatable bonds is 6. The molecule has 17 heavy (non-hydrogen) atoms. The summed E-state index contributed by atoms with van der Waals surface area (Å²) < 4.78 is 0. The molecule has 1 heterocycles. The first kappa shape index (κ1) is 13.4. The molecule has 0 aliphatic heterocycles. The van der Waals surface area contributed by atoms with Gasteiger partial charge in [-0.15, -0.1) is 0 Å². The van der Waals surface area contributed by atoms with E-state index < -0.39 is 0 Å². The molecule has 0 saturated carbocycles. The second-order valence-electron chi connectivity index (χ2n) is 4.41. The van der Waals surface area contributed by atoms with Crippen LogP contribution in [0.3, 0.4) is 0 Å². The van der Waals surface area contributed by atoms with Crippen LogP contribution in [0.4, 0.5) is 5.69 Å². The largest absolute Gasteiger partial charge is 0.368 e. The van der Waals surface area contributed by atoms with E-state index >= 15 is 0 Å². The molecule has 1 aromatic heterocycles. The summed E-state index contributed by atoms with van der Waals surface area (Å²) in [7, 11) is 0. The molecule has 0 aliphatic rings. The zero-order valence-electron chi connectivity index (χ0n) is 10.4. The molecule has 0 saturated heterocycles. The van der Waals surface area contributed by atoms with Crippen molar-refractivity contribution >= 4 is 11.6 Å². The number of carbonyl (C=O) groups excluding carboxylic acids is 1. The van der Waals surface area contributed by atoms with Crippen LogP contribution in [-0.4, -0.2) is 24.0 Å². The van der Waals surface area contributed by atoms with Crippen molar-refractivity contribution < 1.29 is 4.79 Å². The van der Waals surface area contributed by atoms with Crippen LogP contribution < -0.4 is 16.4 Å². The lowest BCUT2D eigenvalue weighted by atomic mass is 10.1. The fourth-order valence-corrected chi connectivity index (χ4v) is 1.75. The summed E-state index contributed by atoms with van der Waals surface area (Å²) in [5.41, 5.74) is 12.6. The molecule has 1 rings (SSSR count). The minimum Gasteiger partial charge on any atom is -0.368 e. The van der Waals surface area contributed by atoms with Gasteiger partial charge in [0, 0.05) is 19.3 Å². The van der Waals surface area contributed by atoms with Crippen molar-refractivity contribution in [3.63, 3.8) is 0 Å². The number of amides is 1. The van der Waals surface area contributed by atoms with Crippen molar-refractivity contribution in [2.75, 3.05) is 18.0 Å². The Labute approximate surface area is 102 Å². The average molecular weight is 236 g/mol. The Bertz CT molecular complexity index is 379. The molecule has 5 heteroatoms. The number of aromatic nitrogens is 1. The van der Waals surface area contributed by atoms with Gasteiger partial charge >= 0.3 is 0 Å². The van der Waals surface area contributed by atoms with E-state index in [1.807, 2.05) is 17.0 Å². The number of carbonyl (C=O) groups is 1. The lowest BCUT2D eigenvalue weighted by Crippen LogP contribution is -2.37. The number of nitrogens with two attached hydrogens (primary N) is 2. The van der Waals surface area contributed by atoms with Crippen LogP contribution in [0.25, 0.3) is 0 Å². The highest BCUT2D eigenvalue weighted by Gasteiger charge is 2.14. The van der Waals surface area contributed by atoms with Crippen LogP contribution in [0.15, 0.2) is 18.3 Å². The maximum absolute atomic E-state index is 11.1. The van der Waals surface area contributed by atoms with Gasteiger partial charge in [-0.05, 0) is 18.1 Å². The van der Waals surface area contributed by atoms with E-state index in [0.717, 1.165) is 17.9 Å². The summed E-state index contributed by atoms with van der Waals surface area (Å²) in [4.78, 5) is 17.2. The Morgan fingerprint density at radius 1 is 1.53 bits per heavy atom. The summed E-state index contributed by atoms with van der Waals surface area (Å²) in [6.45, 7) is 5.47. The smallest absolute Gasteiger partial charge is 0.236 e. The first-order valence-corrected chi connectivity index (χ1v) is 5.71. The SMILES string of the molecule is CC(C)CN(CC(N)=O)c1cccnc1CN. The Morgan fingerprint density at radius 2 is 2.24 bits per heavy atom. The predicted octanol–water partition coefficient (Wildman–Crippen LogP) is 0.488. The third kappa shape index (κ3) is 4.03. The van der Waals surface area contributed by atoms with Crippen molar-refractivity contribution in [3.05, 3.63) is 24.0 Å². The van der Waals surface area contributed by atoms with Gasteiger partial charge in [0.15, 0.2) is 0 Å². The van der Waals surface area contributed by atoms with Gasteiger partial charge in [-0.2, -0.15) is 0 Å². The molecule has 0 bridgehead atoms. The third-order valence-electron chi connectivity index (χ3n) is 2.33. The monoisotopic (exact) mass is 236 g/mol. The molecule has 1 aromatic rings. The van der Waals surface area contributed by atoms with E-state index in [-0.39, 0.29) is 12.5 Å². The van der Waals surface area contributed by atoms with E-state index in [9.17, 15) is 4.79 Å². The molecule has 94 valence electrons. The molecule has 4 N–H and O–H groups in total. The summed E-state index contributed by atoms with van der Waals surface area (Å²) in [6, 6.07) is 3.75. The second-order valence-corrected chi connectivity index (χ2v) is 4.41. The first-order valence-electron chi connectivity index (χ1n) is 5.71. The van der Waals surface area contributed by atoms with Gasteiger partial charge < -0.3 is 16.4 Å². The molecule has 0 fully saturated rings. The molecule has 0 aromatic carbocycles. The van der Waals surface area contributed by atoms with E-state index in [1.54, 1.807) is 6.20 Å². The molecule has 1 amide bonds. The van der Waals surface area contributed by atoms with Crippen LogP contribution in [-0.2, 0) is 11.3 Å². The number of primary amides is 1. The van der Waals surface area contributed by atoms with E-state index in [2.05, 4.69) is 18.8 Å². The molecule has 0 radical (unpaired) electrons. The summed E-state index contributed by atoms with van der Waals surface area (Å²) >= 11 is 0. The molecule has 0 unspecified atom stereocenters. The number of nitrogens with zero attached hydrogens (tertiary/aromatic N) is 2. The van der Waals surface area contributed by atoms with Crippen LogP contribution in [0.5, 0.6) is 0 Å². The molecule has 0 aliphatic carbocycles. The number of pyridine rings is 1. The van der Waals surface area contributed by atoms with Gasteiger partial charge in [0.25, 0.3) is 0 Å². The fraction of sp³-hybridized carbons (Fsp3) is 0.500. The Balaban J connectivity index is 2.98. The van der Waals surface area contributed by atoms with Crippen molar-refractivity contribution in [1.82, 2.24) is 4.98 Å². The Hall–Kier alpha value is -1.62. The molecule has 0 spiro atoms. The van der Waals surface area contributed by atoms with Gasteiger partial charge in [-0.25, -0.2) is 0 Å². The molecule has 0 atom stereocenters. The van der Waals surface area contributed by atoms with Gasteiger partial charge in [-0.3, -0.25) is 9.78 Å². The van der Waals surface area contributed by atoms with Crippen molar-refractivity contribution in [1.29, 1.82) is 0 Å². The number of hydrogen-bond acceptors (Lipinski definition) is 4. The maximum atomic E-state index is 11.1. The second kappa shape index (κ2) is 6.20. The minimum absolute atomic E-state index is 0.191. The van der Waals surface area contributed by atoms with E-state index in [0.29, 0.717) is 12.5 Å². The number of anilines is 1. The highest BCUT2D eigenvalue weighted by molar-refractivity contribution is 5.79. The summed E-state index contributed by atoms with van der Waals surface area (Å²) in [6.07, 6.45) is 1.70. The topological polar surface area (TPSA) is 85.2 Å². The highest BCUT2D eigenvalue weighted by Crippen LogP contribution is 2.18. The first-order chi connectivity index (χ1) is 8.04. The quantitative estimate of drug-likeness (QED) is 0.752. The zero-order valence-corrected chi connectivity index (χ0v) is 10.4. The maximum Gasteiger partial charge on any atom is 0.236 e. The molecular formula is C12H20N4O. The average Bonchev–Trinajstić information content (AvgIpc) is 2.27. The Kier molecular flexibility index (Phi) is 4.90. The fourth-order valence-electron chi connectivity index (χ4n) is 1.75. The van der Waals surface area contributed by atoms with Crippen LogP contribution in [0.2, 0.25) is 0 Å². The van der Waals surface area contributed by atoms with Gasteiger partial charge in [-0.1, -0.05) is 13.8 Å². The lowest BCUT2D eigenvalue weighted by molar-refractivity contribution is -0.116. The standard InChI is InChI=1S/C12H20N4O/c1-9(2)7-16(8-12(14)17)11-4-3-5-15-10(11)6-13/h3-5,9H,6-8,13H2,1-2H3,(H2,14,17). The minimum atomic E-state index is -0.350. The lowest BCUT2D eigenvalue weighted by Gasteiger charge is -2.26. The Morgan fingerprint density at radius 3 is 2.76 bits per heavy atom. The van der Waals surface area contributed by atoms with Gasteiger partial charge in [0.05, 0.1) is 17.9 Å². The molecular weight excluding hydrogens is 216 g/mol. The van der Waals surface area contributed by atoms with Crippen LogP contribution in [0.1, 0.15) is 19.5 Å². The van der Waals surface area contributed by atoms with Gasteiger partial charge in [0.2, 0.25) is 5.91 Å². The van der Waals surface area contributed by atoms with Crippen LogP contribution >= 0.6 is 0 Å². The number of hydrogen-bond donors (Lipinski definition) is 2.